The minimum absolute atomic E-state index is 0. The van der Waals surface area contributed by atoms with E-state index in [0.717, 1.165) is 23.9 Å². The van der Waals surface area contributed by atoms with E-state index in [9.17, 15) is 0 Å². The highest BCUT2D eigenvalue weighted by atomic mass is 127. The Kier molecular flexibility index (Phi) is 7.28. The van der Waals surface area contributed by atoms with Crippen LogP contribution in [0, 0.1) is 12.3 Å². The van der Waals surface area contributed by atoms with Crippen LogP contribution in [0.25, 0.3) is 0 Å². The van der Waals surface area contributed by atoms with Gasteiger partial charge in [-0.25, -0.2) is 9.98 Å². The molecule has 2 unspecified atom stereocenters. The van der Waals surface area contributed by atoms with Crippen molar-refractivity contribution in [1.82, 2.24) is 15.6 Å². The van der Waals surface area contributed by atoms with Crippen LogP contribution in [0.2, 0.25) is 0 Å². The number of hydrogen-bond acceptors (Lipinski definition) is 4. The van der Waals surface area contributed by atoms with Gasteiger partial charge in [-0.1, -0.05) is 13.8 Å². The van der Waals surface area contributed by atoms with Gasteiger partial charge in [0.25, 0.3) is 0 Å². The lowest BCUT2D eigenvalue weighted by Gasteiger charge is -2.59. The molecule has 0 aliphatic heterocycles. The van der Waals surface area contributed by atoms with Gasteiger partial charge in [0.1, 0.15) is 5.01 Å². The van der Waals surface area contributed by atoms with Crippen LogP contribution >= 0.6 is 35.3 Å². The summed E-state index contributed by atoms with van der Waals surface area (Å²) < 4.78 is 5.68. The van der Waals surface area contributed by atoms with Gasteiger partial charge in [-0.05, 0) is 27.2 Å². The zero-order valence-electron chi connectivity index (χ0n) is 14.9. The van der Waals surface area contributed by atoms with Crippen molar-refractivity contribution in [3.8, 4) is 0 Å². The Bertz CT molecular complexity index is 546. The monoisotopic (exact) mass is 452 g/mol. The first-order valence-electron chi connectivity index (χ1n) is 7.83. The summed E-state index contributed by atoms with van der Waals surface area (Å²) in [5.74, 6) is 0.853. The number of rotatable bonds is 5. The van der Waals surface area contributed by atoms with E-state index < -0.39 is 0 Å². The first-order valence-corrected chi connectivity index (χ1v) is 8.65. The maximum atomic E-state index is 5.68. The Morgan fingerprint density at radius 3 is 2.65 bits per heavy atom. The van der Waals surface area contributed by atoms with Crippen LogP contribution in [0.5, 0.6) is 0 Å². The summed E-state index contributed by atoms with van der Waals surface area (Å²) in [7, 11) is 1.79. The molecule has 0 bridgehead atoms. The van der Waals surface area contributed by atoms with Gasteiger partial charge in [0.2, 0.25) is 0 Å². The molecule has 1 aromatic rings. The molecule has 132 valence electrons. The number of methoxy groups -OCH3 is 1. The predicted octanol–water partition coefficient (Wildman–Crippen LogP) is 3.33. The largest absolute Gasteiger partial charge is 0.378 e. The van der Waals surface area contributed by atoms with Gasteiger partial charge in [0, 0.05) is 36.2 Å². The van der Waals surface area contributed by atoms with E-state index >= 15 is 0 Å². The molecule has 5 nitrogen and oxygen atoms in total. The SMILES string of the molecule is CCNC(=NCc1ncc(C)s1)NC1CC(C)(OC)C1(C)C.I. The van der Waals surface area contributed by atoms with E-state index in [0.29, 0.717) is 12.6 Å². The van der Waals surface area contributed by atoms with E-state index in [1.807, 2.05) is 6.20 Å². The Labute approximate surface area is 160 Å². The molecule has 2 rings (SSSR count). The quantitative estimate of drug-likeness (QED) is 0.409. The van der Waals surface area contributed by atoms with E-state index in [2.05, 4.69) is 55.2 Å². The number of aryl methyl sites for hydroxylation is 1. The number of ether oxygens (including phenoxy) is 1. The van der Waals surface area contributed by atoms with Crippen LogP contribution in [0.1, 0.15) is 44.0 Å². The Morgan fingerprint density at radius 1 is 1.48 bits per heavy atom. The lowest BCUT2D eigenvalue weighted by atomic mass is 9.56. The summed E-state index contributed by atoms with van der Waals surface area (Å²) in [5.41, 5.74) is -0.00980. The van der Waals surface area contributed by atoms with Crippen LogP contribution < -0.4 is 10.6 Å². The molecule has 23 heavy (non-hydrogen) atoms. The molecule has 2 N–H and O–H groups in total. The minimum atomic E-state index is -0.0750. The number of guanidine groups is 1. The fourth-order valence-electron chi connectivity index (χ4n) is 2.83. The van der Waals surface area contributed by atoms with Gasteiger partial charge < -0.3 is 15.4 Å². The van der Waals surface area contributed by atoms with Gasteiger partial charge in [-0.3, -0.25) is 0 Å². The lowest BCUT2D eigenvalue weighted by molar-refractivity contribution is -0.176. The van der Waals surface area contributed by atoms with E-state index in [4.69, 9.17) is 4.74 Å². The van der Waals surface area contributed by atoms with Crippen molar-refractivity contribution < 1.29 is 4.74 Å². The van der Waals surface area contributed by atoms with Crippen LogP contribution in [-0.2, 0) is 11.3 Å². The summed E-state index contributed by atoms with van der Waals surface area (Å²) >= 11 is 1.70. The van der Waals surface area contributed by atoms with Crippen LogP contribution in [0.15, 0.2) is 11.2 Å². The highest BCUT2D eigenvalue weighted by Crippen LogP contribution is 2.51. The molecule has 0 saturated heterocycles. The number of aliphatic imine (C=N–C) groups is 1. The summed E-state index contributed by atoms with van der Waals surface area (Å²) in [6.07, 6.45) is 2.88. The molecule has 1 fully saturated rings. The van der Waals surface area contributed by atoms with Gasteiger partial charge in [0.05, 0.1) is 12.1 Å². The average Bonchev–Trinajstić information content (AvgIpc) is 2.89. The zero-order chi connectivity index (χ0) is 16.4. The molecular formula is C16H29IN4OS. The Morgan fingerprint density at radius 2 is 2.17 bits per heavy atom. The maximum Gasteiger partial charge on any atom is 0.191 e. The van der Waals surface area contributed by atoms with E-state index in [1.54, 1.807) is 18.4 Å². The zero-order valence-corrected chi connectivity index (χ0v) is 18.0. The van der Waals surface area contributed by atoms with Crippen LogP contribution in [0.3, 0.4) is 0 Å². The van der Waals surface area contributed by atoms with Gasteiger partial charge in [-0.2, -0.15) is 0 Å². The molecule has 0 spiro atoms. The fraction of sp³-hybridized carbons (Fsp3) is 0.750. The smallest absolute Gasteiger partial charge is 0.191 e. The molecule has 1 aromatic heterocycles. The molecular weight excluding hydrogens is 423 g/mol. The van der Waals surface area contributed by atoms with Crippen molar-refractivity contribution in [1.29, 1.82) is 0 Å². The molecule has 1 aliphatic carbocycles. The Hall–Kier alpha value is -0.410. The number of halogens is 1. The molecule has 2 atom stereocenters. The number of nitrogens with one attached hydrogen (secondary N) is 2. The Balaban J connectivity index is 0.00000264. The number of aromatic nitrogens is 1. The van der Waals surface area contributed by atoms with Crippen LogP contribution in [-0.4, -0.2) is 36.2 Å². The molecule has 1 heterocycles. The second-order valence-corrected chi connectivity index (χ2v) is 7.94. The maximum absolute atomic E-state index is 5.68. The van der Waals surface area contributed by atoms with E-state index in [1.165, 1.54) is 4.88 Å². The highest BCUT2D eigenvalue weighted by molar-refractivity contribution is 14.0. The fourth-order valence-corrected chi connectivity index (χ4v) is 3.54. The topological polar surface area (TPSA) is 58.5 Å². The average molecular weight is 452 g/mol. The van der Waals surface area contributed by atoms with Crippen LogP contribution in [0.4, 0.5) is 0 Å². The second kappa shape index (κ2) is 8.11. The lowest BCUT2D eigenvalue weighted by Crippen LogP contribution is -2.69. The number of hydrogen-bond donors (Lipinski definition) is 2. The van der Waals surface area contributed by atoms with Gasteiger partial charge in [0.15, 0.2) is 5.96 Å². The molecule has 1 aliphatic rings. The van der Waals surface area contributed by atoms with Gasteiger partial charge in [-0.15, -0.1) is 35.3 Å². The summed E-state index contributed by atoms with van der Waals surface area (Å²) in [6.45, 7) is 12.3. The predicted molar refractivity (Wildman–Crippen MR) is 108 cm³/mol. The summed E-state index contributed by atoms with van der Waals surface area (Å²) in [5, 5.41) is 7.91. The molecule has 1 saturated carbocycles. The molecule has 7 heteroatoms. The van der Waals surface area contributed by atoms with Crippen molar-refractivity contribution in [3.05, 3.63) is 16.1 Å². The molecule has 0 amide bonds. The first-order chi connectivity index (χ1) is 10.3. The standard InChI is InChI=1S/C16H28N4OS.HI/c1-7-17-14(19-10-13-18-9-11(2)22-13)20-12-8-16(5,21-6)15(12,3)4;/h9,12H,7-8,10H2,1-6H3,(H2,17,19,20);1H. The molecule has 0 radical (unpaired) electrons. The van der Waals surface area contributed by atoms with Gasteiger partial charge >= 0.3 is 0 Å². The second-order valence-electron chi connectivity index (χ2n) is 6.62. The van der Waals surface area contributed by atoms with Crippen molar-refractivity contribution in [3.63, 3.8) is 0 Å². The van der Waals surface area contributed by atoms with Crippen molar-refractivity contribution >= 4 is 41.3 Å². The third kappa shape index (κ3) is 4.36. The minimum Gasteiger partial charge on any atom is -0.378 e. The third-order valence-electron chi connectivity index (χ3n) is 4.98. The highest BCUT2D eigenvalue weighted by Gasteiger charge is 2.58. The summed E-state index contributed by atoms with van der Waals surface area (Å²) in [4.78, 5) is 10.2. The van der Waals surface area contributed by atoms with E-state index in [-0.39, 0.29) is 35.0 Å². The summed E-state index contributed by atoms with van der Waals surface area (Å²) in [6, 6.07) is 0.355. The van der Waals surface area contributed by atoms with Crippen molar-refractivity contribution in [2.75, 3.05) is 13.7 Å². The first kappa shape index (κ1) is 20.6. The number of nitrogens with zero attached hydrogens (tertiary/aromatic N) is 2. The normalized spacial score (nSPS) is 26.2. The third-order valence-corrected chi connectivity index (χ3v) is 5.87. The van der Waals surface area contributed by atoms with Crippen molar-refractivity contribution in [2.45, 2.75) is 59.2 Å². The molecule has 0 aromatic carbocycles. The van der Waals surface area contributed by atoms with Crippen molar-refractivity contribution in [2.24, 2.45) is 10.4 Å². The number of thiazole rings is 1.